The summed E-state index contributed by atoms with van der Waals surface area (Å²) >= 11 is 1.97. The lowest BCUT2D eigenvalue weighted by Gasteiger charge is -2.24. The van der Waals surface area contributed by atoms with E-state index in [-0.39, 0.29) is 10.6 Å². The highest BCUT2D eigenvalue weighted by Gasteiger charge is 2.33. The molecule has 2 unspecified atom stereocenters. The van der Waals surface area contributed by atoms with Crippen molar-refractivity contribution in [3.8, 4) is 5.75 Å². The summed E-state index contributed by atoms with van der Waals surface area (Å²) in [7, 11) is 0. The van der Waals surface area contributed by atoms with E-state index in [1.165, 1.54) is 0 Å². The zero-order valence-corrected chi connectivity index (χ0v) is 12.7. The number of halogens is 2. The Labute approximate surface area is 123 Å². The Morgan fingerprint density at radius 1 is 1.40 bits per heavy atom. The van der Waals surface area contributed by atoms with Crippen LogP contribution in [0.2, 0.25) is 0 Å². The molecular weight excluding hydrogens is 280 g/mol. The summed E-state index contributed by atoms with van der Waals surface area (Å²) < 4.78 is 28.5. The number of ether oxygens (including phenoxy) is 1. The van der Waals surface area contributed by atoms with Crippen molar-refractivity contribution in [3.63, 3.8) is 0 Å². The van der Waals surface area contributed by atoms with E-state index in [1.54, 1.807) is 12.1 Å². The molecule has 5 heteroatoms. The topological polar surface area (TPSA) is 21.3 Å². The van der Waals surface area contributed by atoms with Crippen molar-refractivity contribution < 1.29 is 13.5 Å². The fourth-order valence-electron chi connectivity index (χ4n) is 2.38. The van der Waals surface area contributed by atoms with Gasteiger partial charge in [0.25, 0.3) is 0 Å². The second-order valence-electron chi connectivity index (χ2n) is 5.31. The molecule has 0 radical (unpaired) electrons. The van der Waals surface area contributed by atoms with Crippen LogP contribution in [0.4, 0.5) is 8.78 Å². The minimum atomic E-state index is -2.76. The Balaban J connectivity index is 1.85. The average molecular weight is 301 g/mol. The molecule has 1 aromatic rings. The van der Waals surface area contributed by atoms with Gasteiger partial charge in [0.15, 0.2) is 0 Å². The highest BCUT2D eigenvalue weighted by Crippen LogP contribution is 2.34. The van der Waals surface area contributed by atoms with Crippen LogP contribution in [0.25, 0.3) is 0 Å². The maximum absolute atomic E-state index is 12.1. The molecular formula is C15H21F2NOS. The zero-order chi connectivity index (χ0) is 14.6. The molecule has 112 valence electrons. The van der Waals surface area contributed by atoms with Crippen molar-refractivity contribution in [1.29, 1.82) is 0 Å². The summed E-state index contributed by atoms with van der Waals surface area (Å²) in [6.45, 7) is 1.68. The predicted octanol–water partition coefficient (Wildman–Crippen LogP) is 4.05. The van der Waals surface area contributed by atoms with Crippen molar-refractivity contribution in [2.45, 2.75) is 50.6 Å². The zero-order valence-electron chi connectivity index (χ0n) is 11.9. The van der Waals surface area contributed by atoms with Crippen LogP contribution in [-0.4, -0.2) is 23.3 Å². The van der Waals surface area contributed by atoms with Crippen LogP contribution < -0.4 is 10.1 Å². The number of benzene rings is 1. The Morgan fingerprint density at radius 2 is 2.10 bits per heavy atom. The molecule has 1 aromatic carbocycles. The van der Waals surface area contributed by atoms with E-state index in [4.69, 9.17) is 0 Å². The van der Waals surface area contributed by atoms with E-state index in [0.717, 1.165) is 30.6 Å². The van der Waals surface area contributed by atoms with Crippen LogP contribution in [0, 0.1) is 0 Å². The fourth-order valence-corrected chi connectivity index (χ4v) is 3.77. The Bertz CT molecular complexity index is 426. The van der Waals surface area contributed by atoms with Gasteiger partial charge in [-0.05, 0) is 43.9 Å². The van der Waals surface area contributed by atoms with Gasteiger partial charge in [0, 0.05) is 11.8 Å². The van der Waals surface area contributed by atoms with Crippen LogP contribution in [0.1, 0.15) is 32.3 Å². The van der Waals surface area contributed by atoms with Gasteiger partial charge in [-0.15, -0.1) is 11.8 Å². The third kappa shape index (κ3) is 4.35. The molecule has 1 saturated heterocycles. The minimum Gasteiger partial charge on any atom is -0.435 e. The average Bonchev–Trinajstić information content (AvgIpc) is 2.80. The van der Waals surface area contributed by atoms with Gasteiger partial charge in [0.05, 0.1) is 4.87 Å². The molecule has 0 bridgehead atoms. The summed E-state index contributed by atoms with van der Waals surface area (Å²) in [5, 5.41) is 3.66. The van der Waals surface area contributed by atoms with Crippen LogP contribution in [0.5, 0.6) is 5.75 Å². The van der Waals surface area contributed by atoms with E-state index in [0.29, 0.717) is 6.04 Å². The monoisotopic (exact) mass is 301 g/mol. The molecule has 2 nitrogen and oxygen atoms in total. The van der Waals surface area contributed by atoms with Crippen molar-refractivity contribution >= 4 is 11.8 Å². The summed E-state index contributed by atoms with van der Waals surface area (Å²) in [5.41, 5.74) is 1.15. The van der Waals surface area contributed by atoms with E-state index >= 15 is 0 Å². The molecule has 0 saturated carbocycles. The molecule has 1 aliphatic rings. The molecule has 0 amide bonds. The van der Waals surface area contributed by atoms with Crippen LogP contribution in [0.15, 0.2) is 24.3 Å². The Morgan fingerprint density at radius 3 is 2.65 bits per heavy atom. The van der Waals surface area contributed by atoms with Crippen molar-refractivity contribution in [3.05, 3.63) is 29.8 Å². The third-order valence-corrected chi connectivity index (χ3v) is 5.17. The summed E-state index contributed by atoms with van der Waals surface area (Å²) in [5.74, 6) is 1.38. The molecule has 1 heterocycles. The van der Waals surface area contributed by atoms with Crippen LogP contribution >= 0.6 is 11.8 Å². The number of nitrogens with one attached hydrogen (secondary N) is 1. The molecule has 2 rings (SSSR count). The van der Waals surface area contributed by atoms with Crippen LogP contribution in [-0.2, 0) is 6.42 Å². The molecule has 0 aliphatic carbocycles. The molecule has 1 aliphatic heterocycles. The Kier molecular flexibility index (Phi) is 5.27. The maximum atomic E-state index is 12.1. The number of hydrogen-bond donors (Lipinski definition) is 1. The standard InChI is InChI=1S/C15H21F2NOS/c1-3-12-10-20-15(2,18-12)9-8-11-4-6-13(7-5-11)19-14(16)17/h4-7,12,14,18H,3,8-10H2,1-2H3. The quantitative estimate of drug-likeness (QED) is 0.856. The van der Waals surface area contributed by atoms with E-state index < -0.39 is 6.61 Å². The molecule has 1 fully saturated rings. The maximum Gasteiger partial charge on any atom is 0.387 e. The lowest BCUT2D eigenvalue weighted by molar-refractivity contribution is -0.0498. The largest absolute Gasteiger partial charge is 0.435 e. The molecule has 0 aromatic heterocycles. The van der Waals surface area contributed by atoms with Crippen molar-refractivity contribution in [2.75, 3.05) is 5.75 Å². The first-order valence-corrected chi connectivity index (χ1v) is 7.95. The van der Waals surface area contributed by atoms with Crippen molar-refractivity contribution in [1.82, 2.24) is 5.32 Å². The molecule has 20 heavy (non-hydrogen) atoms. The molecule has 0 spiro atoms. The number of aryl methyl sites for hydroxylation is 1. The highest BCUT2D eigenvalue weighted by molar-refractivity contribution is 8.00. The van der Waals surface area contributed by atoms with Gasteiger partial charge < -0.3 is 4.74 Å². The fraction of sp³-hybridized carbons (Fsp3) is 0.600. The number of thioether (sulfide) groups is 1. The van der Waals surface area contributed by atoms with Gasteiger partial charge in [-0.3, -0.25) is 5.32 Å². The van der Waals surface area contributed by atoms with Gasteiger partial charge in [-0.2, -0.15) is 8.78 Å². The van der Waals surface area contributed by atoms with Gasteiger partial charge >= 0.3 is 6.61 Å². The molecule has 1 N–H and O–H groups in total. The van der Waals surface area contributed by atoms with E-state index in [9.17, 15) is 8.78 Å². The second kappa shape index (κ2) is 6.76. The SMILES string of the molecule is CCC1CSC(C)(CCc2ccc(OC(F)F)cc2)N1. The van der Waals surface area contributed by atoms with Gasteiger partial charge in [0.2, 0.25) is 0 Å². The summed E-state index contributed by atoms with van der Waals surface area (Å²) in [4.78, 5) is 0.124. The second-order valence-corrected chi connectivity index (χ2v) is 6.84. The first-order valence-electron chi connectivity index (χ1n) is 6.96. The van der Waals surface area contributed by atoms with Crippen molar-refractivity contribution in [2.24, 2.45) is 0 Å². The lowest BCUT2D eigenvalue weighted by atomic mass is 10.0. The van der Waals surface area contributed by atoms with Gasteiger partial charge in [-0.1, -0.05) is 19.1 Å². The van der Waals surface area contributed by atoms with E-state index in [1.807, 2.05) is 23.9 Å². The lowest BCUT2D eigenvalue weighted by Crippen LogP contribution is -2.39. The van der Waals surface area contributed by atoms with Gasteiger partial charge in [-0.25, -0.2) is 0 Å². The Hall–Kier alpha value is -0.810. The number of hydrogen-bond acceptors (Lipinski definition) is 3. The predicted molar refractivity (Wildman–Crippen MR) is 79.5 cm³/mol. The highest BCUT2D eigenvalue weighted by atomic mass is 32.2. The smallest absolute Gasteiger partial charge is 0.387 e. The first-order chi connectivity index (χ1) is 9.50. The number of alkyl halides is 2. The van der Waals surface area contributed by atoms with Gasteiger partial charge in [0.1, 0.15) is 5.75 Å². The normalized spacial score (nSPS) is 26.1. The molecule has 2 atom stereocenters. The minimum absolute atomic E-state index is 0.124. The summed E-state index contributed by atoms with van der Waals surface area (Å²) in [6, 6.07) is 7.53. The number of rotatable bonds is 6. The van der Waals surface area contributed by atoms with Crippen LogP contribution in [0.3, 0.4) is 0 Å². The first kappa shape index (κ1) is 15.6. The summed E-state index contributed by atoms with van der Waals surface area (Å²) in [6.07, 6.45) is 3.12. The third-order valence-electron chi connectivity index (χ3n) is 3.64. The van der Waals surface area contributed by atoms with E-state index in [2.05, 4.69) is 23.9 Å².